The SMILES string of the molecule is CC(C(=O)N1CCCC1)N1CCN(S(=O)(=O)c2ccc(-c3ccccc3)cc2)CC1. The molecule has 2 aliphatic rings. The van der Waals surface area contributed by atoms with Crippen molar-refractivity contribution >= 4 is 15.9 Å². The third-order valence-corrected chi connectivity index (χ3v) is 8.11. The van der Waals surface area contributed by atoms with Crippen molar-refractivity contribution in [3.63, 3.8) is 0 Å². The molecule has 2 saturated heterocycles. The number of benzene rings is 2. The monoisotopic (exact) mass is 427 g/mol. The fourth-order valence-electron chi connectivity index (χ4n) is 4.29. The molecule has 2 aliphatic heterocycles. The smallest absolute Gasteiger partial charge is 0.243 e. The second kappa shape index (κ2) is 8.88. The second-order valence-electron chi connectivity index (χ2n) is 8.04. The highest BCUT2D eigenvalue weighted by Crippen LogP contribution is 2.24. The number of sulfonamides is 1. The highest BCUT2D eigenvalue weighted by molar-refractivity contribution is 7.89. The molecule has 30 heavy (non-hydrogen) atoms. The standard InChI is InChI=1S/C23H29N3O3S/c1-19(23(27)25-13-5-6-14-25)24-15-17-26(18-16-24)30(28,29)22-11-9-21(10-12-22)20-7-3-2-4-8-20/h2-4,7-12,19H,5-6,13-18H2,1H3. The van der Waals surface area contributed by atoms with Crippen LogP contribution >= 0.6 is 0 Å². The first-order valence-electron chi connectivity index (χ1n) is 10.7. The molecule has 0 N–H and O–H groups in total. The first kappa shape index (κ1) is 21.0. The van der Waals surface area contributed by atoms with Crippen molar-refractivity contribution < 1.29 is 13.2 Å². The first-order chi connectivity index (χ1) is 14.5. The fraction of sp³-hybridized carbons (Fsp3) is 0.435. The summed E-state index contributed by atoms with van der Waals surface area (Å²) in [5, 5.41) is 0. The molecule has 0 spiro atoms. The molecular weight excluding hydrogens is 398 g/mol. The van der Waals surface area contributed by atoms with E-state index >= 15 is 0 Å². The predicted octanol–water partition coefficient (Wildman–Crippen LogP) is 2.67. The van der Waals surface area contributed by atoms with Crippen molar-refractivity contribution in [1.29, 1.82) is 0 Å². The van der Waals surface area contributed by atoms with E-state index in [0.717, 1.165) is 37.1 Å². The summed E-state index contributed by atoms with van der Waals surface area (Å²) in [6.45, 7) is 5.57. The zero-order valence-corrected chi connectivity index (χ0v) is 18.2. The lowest BCUT2D eigenvalue weighted by atomic mass is 10.1. The fourth-order valence-corrected chi connectivity index (χ4v) is 5.71. The van der Waals surface area contributed by atoms with E-state index in [1.807, 2.05) is 54.3 Å². The van der Waals surface area contributed by atoms with Gasteiger partial charge < -0.3 is 4.90 Å². The lowest BCUT2D eigenvalue weighted by molar-refractivity contribution is -0.135. The number of carbonyl (C=O) groups is 1. The van der Waals surface area contributed by atoms with Gasteiger partial charge >= 0.3 is 0 Å². The second-order valence-corrected chi connectivity index (χ2v) is 9.98. The molecule has 1 amide bonds. The van der Waals surface area contributed by atoms with Gasteiger partial charge in [-0.05, 0) is 43.0 Å². The number of likely N-dealkylation sites (tertiary alicyclic amines) is 1. The normalized spacial score (nSPS) is 19.7. The highest BCUT2D eigenvalue weighted by Gasteiger charge is 2.33. The minimum absolute atomic E-state index is 0.167. The molecule has 2 fully saturated rings. The molecule has 0 radical (unpaired) electrons. The lowest BCUT2D eigenvalue weighted by Gasteiger charge is -2.37. The maximum absolute atomic E-state index is 13.1. The van der Waals surface area contributed by atoms with Crippen LogP contribution in [0.25, 0.3) is 11.1 Å². The van der Waals surface area contributed by atoms with Crippen LogP contribution in [-0.2, 0) is 14.8 Å². The highest BCUT2D eigenvalue weighted by atomic mass is 32.2. The number of nitrogens with zero attached hydrogens (tertiary/aromatic N) is 3. The number of piperazine rings is 1. The van der Waals surface area contributed by atoms with Gasteiger partial charge in [-0.3, -0.25) is 9.69 Å². The van der Waals surface area contributed by atoms with Gasteiger partial charge in [-0.25, -0.2) is 8.42 Å². The van der Waals surface area contributed by atoms with E-state index in [2.05, 4.69) is 4.90 Å². The summed E-state index contributed by atoms with van der Waals surface area (Å²) in [4.78, 5) is 17.0. The Kier molecular flexibility index (Phi) is 6.22. The van der Waals surface area contributed by atoms with E-state index in [-0.39, 0.29) is 11.9 Å². The third-order valence-electron chi connectivity index (χ3n) is 6.20. The molecule has 1 atom stereocenters. The molecule has 2 aromatic carbocycles. The van der Waals surface area contributed by atoms with E-state index in [1.54, 1.807) is 12.1 Å². The van der Waals surface area contributed by atoms with Gasteiger partial charge in [-0.2, -0.15) is 4.31 Å². The van der Waals surface area contributed by atoms with E-state index in [1.165, 1.54) is 4.31 Å². The van der Waals surface area contributed by atoms with Crippen LogP contribution in [0.3, 0.4) is 0 Å². The molecule has 0 saturated carbocycles. The molecule has 1 unspecified atom stereocenters. The molecule has 2 aromatic rings. The molecule has 0 bridgehead atoms. The molecule has 0 aromatic heterocycles. The van der Waals surface area contributed by atoms with Crippen molar-refractivity contribution in [3.8, 4) is 11.1 Å². The summed E-state index contributed by atoms with van der Waals surface area (Å²) >= 11 is 0. The Morgan fingerprint density at radius 2 is 1.37 bits per heavy atom. The summed E-state index contributed by atoms with van der Waals surface area (Å²) in [5.41, 5.74) is 2.06. The molecular formula is C23H29N3O3S. The predicted molar refractivity (Wildman–Crippen MR) is 117 cm³/mol. The van der Waals surface area contributed by atoms with Gasteiger partial charge in [-0.1, -0.05) is 42.5 Å². The van der Waals surface area contributed by atoms with Crippen LogP contribution in [0.2, 0.25) is 0 Å². The van der Waals surface area contributed by atoms with Gasteiger partial charge in [0.05, 0.1) is 10.9 Å². The van der Waals surface area contributed by atoms with Crippen molar-refractivity contribution in [3.05, 3.63) is 54.6 Å². The number of hydrogen-bond acceptors (Lipinski definition) is 4. The van der Waals surface area contributed by atoms with E-state index < -0.39 is 10.0 Å². The van der Waals surface area contributed by atoms with Crippen LogP contribution in [0.5, 0.6) is 0 Å². The van der Waals surface area contributed by atoms with Crippen LogP contribution in [0.4, 0.5) is 0 Å². The number of carbonyl (C=O) groups excluding carboxylic acids is 1. The van der Waals surface area contributed by atoms with E-state index in [9.17, 15) is 13.2 Å². The van der Waals surface area contributed by atoms with Crippen molar-refractivity contribution in [1.82, 2.24) is 14.1 Å². The van der Waals surface area contributed by atoms with Gasteiger partial charge in [-0.15, -0.1) is 0 Å². The largest absolute Gasteiger partial charge is 0.341 e. The van der Waals surface area contributed by atoms with Crippen molar-refractivity contribution in [2.45, 2.75) is 30.7 Å². The lowest BCUT2D eigenvalue weighted by Crippen LogP contribution is -2.55. The summed E-state index contributed by atoms with van der Waals surface area (Å²) in [6, 6.07) is 16.8. The van der Waals surface area contributed by atoms with Crippen molar-refractivity contribution in [2.24, 2.45) is 0 Å². The van der Waals surface area contributed by atoms with Crippen LogP contribution in [0.15, 0.2) is 59.5 Å². The summed E-state index contributed by atoms with van der Waals surface area (Å²) in [7, 11) is -3.53. The molecule has 4 rings (SSSR count). The Morgan fingerprint density at radius 1 is 0.800 bits per heavy atom. The number of hydrogen-bond donors (Lipinski definition) is 0. The maximum atomic E-state index is 13.1. The van der Waals surface area contributed by atoms with Gasteiger partial charge in [0, 0.05) is 39.3 Å². The average molecular weight is 428 g/mol. The van der Waals surface area contributed by atoms with Crippen LogP contribution < -0.4 is 0 Å². The summed E-state index contributed by atoms with van der Waals surface area (Å²) in [5.74, 6) is 0.167. The Labute approximate surface area is 179 Å². The minimum atomic E-state index is -3.53. The minimum Gasteiger partial charge on any atom is -0.341 e. The van der Waals surface area contributed by atoms with E-state index in [0.29, 0.717) is 31.1 Å². The van der Waals surface area contributed by atoms with Gasteiger partial charge in [0.15, 0.2) is 0 Å². The Hall–Kier alpha value is -2.22. The van der Waals surface area contributed by atoms with Gasteiger partial charge in [0.2, 0.25) is 15.9 Å². The maximum Gasteiger partial charge on any atom is 0.243 e. The topological polar surface area (TPSA) is 60.9 Å². The zero-order valence-electron chi connectivity index (χ0n) is 17.4. The Bertz CT molecular complexity index is 963. The first-order valence-corrected chi connectivity index (χ1v) is 12.1. The molecule has 2 heterocycles. The van der Waals surface area contributed by atoms with Crippen molar-refractivity contribution in [2.75, 3.05) is 39.3 Å². The zero-order chi connectivity index (χ0) is 21.1. The summed E-state index contributed by atoms with van der Waals surface area (Å²) < 4.78 is 27.7. The third kappa shape index (κ3) is 4.29. The van der Waals surface area contributed by atoms with Gasteiger partial charge in [0.1, 0.15) is 0 Å². The van der Waals surface area contributed by atoms with Gasteiger partial charge in [0.25, 0.3) is 0 Å². The van der Waals surface area contributed by atoms with Crippen LogP contribution in [0, 0.1) is 0 Å². The van der Waals surface area contributed by atoms with Crippen LogP contribution in [0.1, 0.15) is 19.8 Å². The molecule has 0 aliphatic carbocycles. The molecule has 160 valence electrons. The average Bonchev–Trinajstić information content (AvgIpc) is 3.34. The molecule has 7 heteroatoms. The quantitative estimate of drug-likeness (QED) is 0.736. The number of rotatable bonds is 5. The van der Waals surface area contributed by atoms with Crippen LogP contribution in [-0.4, -0.2) is 73.7 Å². The Morgan fingerprint density at radius 3 is 1.97 bits per heavy atom. The van der Waals surface area contributed by atoms with E-state index in [4.69, 9.17) is 0 Å². The summed E-state index contributed by atoms with van der Waals surface area (Å²) in [6.07, 6.45) is 2.15. The Balaban J connectivity index is 1.39. The number of amides is 1. The molecule has 6 nitrogen and oxygen atoms in total.